The number of rotatable bonds is 6. The van der Waals surface area contributed by atoms with E-state index in [0.29, 0.717) is 36.8 Å². The molecular weight excluding hydrogens is 424 g/mol. The summed E-state index contributed by atoms with van der Waals surface area (Å²) < 4.78 is 1.23. The van der Waals surface area contributed by atoms with Crippen molar-refractivity contribution in [2.75, 3.05) is 32.7 Å². The number of amides is 3. The predicted octanol–water partition coefficient (Wildman–Crippen LogP) is -0.155. The van der Waals surface area contributed by atoms with E-state index >= 15 is 0 Å². The lowest BCUT2D eigenvalue weighted by Crippen LogP contribution is -2.64. The van der Waals surface area contributed by atoms with E-state index in [1.807, 2.05) is 0 Å². The molecular formula is C23H30N6O4. The average Bonchev–Trinajstić information content (AvgIpc) is 2.85. The molecule has 1 aromatic carbocycles. The van der Waals surface area contributed by atoms with E-state index in [2.05, 4.69) is 15.2 Å². The fourth-order valence-electron chi connectivity index (χ4n) is 4.88. The molecule has 0 bridgehead atoms. The van der Waals surface area contributed by atoms with E-state index < -0.39 is 11.4 Å². The fraction of sp³-hybridized carbons (Fsp3) is 0.522. The van der Waals surface area contributed by atoms with E-state index in [9.17, 15) is 19.2 Å². The van der Waals surface area contributed by atoms with Crippen molar-refractivity contribution >= 4 is 28.6 Å². The number of fused-ring (bicyclic) bond motifs is 1. The van der Waals surface area contributed by atoms with Gasteiger partial charge in [0.2, 0.25) is 17.7 Å². The average molecular weight is 455 g/mol. The minimum atomic E-state index is -0.690. The van der Waals surface area contributed by atoms with Gasteiger partial charge in [0.05, 0.1) is 23.8 Å². The monoisotopic (exact) mass is 454 g/mol. The van der Waals surface area contributed by atoms with Gasteiger partial charge in [-0.1, -0.05) is 18.6 Å². The smallest absolute Gasteiger partial charge is 0.261 e. The summed E-state index contributed by atoms with van der Waals surface area (Å²) in [6, 6.07) is 6.93. The molecule has 2 aromatic rings. The van der Waals surface area contributed by atoms with Gasteiger partial charge in [0.15, 0.2) is 0 Å². The molecule has 3 amide bonds. The predicted molar refractivity (Wildman–Crippen MR) is 122 cm³/mol. The number of para-hydroxylation sites is 1. The van der Waals surface area contributed by atoms with Crippen molar-refractivity contribution in [3.8, 4) is 0 Å². The molecule has 176 valence electrons. The number of nitrogens with two attached hydrogens (primary N) is 1. The van der Waals surface area contributed by atoms with Gasteiger partial charge in [0.25, 0.3) is 5.56 Å². The van der Waals surface area contributed by atoms with Crippen LogP contribution in [0.1, 0.15) is 32.1 Å². The van der Waals surface area contributed by atoms with Crippen LogP contribution in [0.3, 0.4) is 0 Å². The number of aromatic nitrogens is 2. The number of piperidine rings is 2. The Morgan fingerprint density at radius 1 is 1.03 bits per heavy atom. The molecule has 3 N–H and O–H groups in total. The third-order valence-corrected chi connectivity index (χ3v) is 6.85. The maximum atomic E-state index is 12.7. The van der Waals surface area contributed by atoms with Gasteiger partial charge in [-0.25, -0.2) is 4.98 Å². The summed E-state index contributed by atoms with van der Waals surface area (Å²) in [6.45, 7) is 2.17. The van der Waals surface area contributed by atoms with E-state index in [-0.39, 0.29) is 30.5 Å². The minimum Gasteiger partial charge on any atom is -0.368 e. The first-order valence-corrected chi connectivity index (χ1v) is 11.4. The number of likely N-dealkylation sites (tertiary alicyclic amines) is 2. The summed E-state index contributed by atoms with van der Waals surface area (Å²) >= 11 is 0. The summed E-state index contributed by atoms with van der Waals surface area (Å²) in [6.07, 6.45) is 5.61. The highest BCUT2D eigenvalue weighted by atomic mass is 16.2. The topological polar surface area (TPSA) is 131 Å². The van der Waals surface area contributed by atoms with Crippen molar-refractivity contribution in [3.05, 3.63) is 40.9 Å². The molecule has 0 atom stereocenters. The van der Waals surface area contributed by atoms with Crippen molar-refractivity contribution < 1.29 is 14.4 Å². The number of nitrogens with zero attached hydrogens (tertiary/aromatic N) is 4. The van der Waals surface area contributed by atoms with E-state index in [0.717, 1.165) is 32.4 Å². The van der Waals surface area contributed by atoms with Crippen LogP contribution in [0, 0.1) is 0 Å². The van der Waals surface area contributed by atoms with Crippen molar-refractivity contribution in [3.63, 3.8) is 0 Å². The Kier molecular flexibility index (Phi) is 6.73. The first-order valence-electron chi connectivity index (χ1n) is 11.4. The van der Waals surface area contributed by atoms with Crippen molar-refractivity contribution in [1.29, 1.82) is 0 Å². The third kappa shape index (κ3) is 4.75. The molecule has 10 nitrogen and oxygen atoms in total. The zero-order valence-electron chi connectivity index (χ0n) is 18.7. The molecule has 10 heteroatoms. The first kappa shape index (κ1) is 22.9. The molecule has 0 saturated carbocycles. The Labute approximate surface area is 191 Å². The van der Waals surface area contributed by atoms with Crippen molar-refractivity contribution in [2.24, 2.45) is 5.73 Å². The van der Waals surface area contributed by atoms with E-state index in [1.54, 1.807) is 29.2 Å². The second kappa shape index (κ2) is 9.70. The molecule has 3 heterocycles. The molecule has 2 aliphatic rings. The third-order valence-electron chi connectivity index (χ3n) is 6.85. The van der Waals surface area contributed by atoms with Gasteiger partial charge in [0.1, 0.15) is 12.1 Å². The van der Waals surface area contributed by atoms with Crippen LogP contribution in [-0.2, 0) is 20.9 Å². The highest BCUT2D eigenvalue weighted by Gasteiger charge is 2.45. The Hall–Kier alpha value is -3.27. The molecule has 33 heavy (non-hydrogen) atoms. The molecule has 0 spiro atoms. The van der Waals surface area contributed by atoms with E-state index in [1.165, 1.54) is 10.9 Å². The van der Waals surface area contributed by atoms with Crippen LogP contribution in [0.5, 0.6) is 0 Å². The van der Waals surface area contributed by atoms with Crippen LogP contribution < -0.4 is 16.6 Å². The Morgan fingerprint density at radius 3 is 2.42 bits per heavy atom. The van der Waals surface area contributed by atoms with Crippen LogP contribution >= 0.6 is 0 Å². The summed E-state index contributed by atoms with van der Waals surface area (Å²) in [5.41, 5.74) is 5.37. The number of carbonyl (C=O) groups excluding carboxylic acids is 3. The lowest BCUT2D eigenvalue weighted by Gasteiger charge is -2.48. The number of hydrogen-bond acceptors (Lipinski definition) is 6. The van der Waals surface area contributed by atoms with Crippen LogP contribution in [0.2, 0.25) is 0 Å². The zero-order valence-corrected chi connectivity index (χ0v) is 18.7. The quantitative estimate of drug-likeness (QED) is 0.624. The summed E-state index contributed by atoms with van der Waals surface area (Å²) in [4.78, 5) is 57.9. The highest BCUT2D eigenvalue weighted by Crippen LogP contribution is 2.31. The van der Waals surface area contributed by atoms with Gasteiger partial charge >= 0.3 is 0 Å². The van der Waals surface area contributed by atoms with Gasteiger partial charge in [-0.3, -0.25) is 28.6 Å². The van der Waals surface area contributed by atoms with Gasteiger partial charge in [-0.2, -0.15) is 0 Å². The molecule has 0 aliphatic carbocycles. The molecule has 2 aliphatic heterocycles. The Bertz CT molecular complexity index is 1100. The molecule has 4 rings (SSSR count). The molecule has 0 unspecified atom stereocenters. The minimum absolute atomic E-state index is 0.165. The van der Waals surface area contributed by atoms with Crippen LogP contribution in [0.15, 0.2) is 35.4 Å². The number of hydrogen-bond donors (Lipinski definition) is 2. The zero-order chi connectivity index (χ0) is 23.4. The van der Waals surface area contributed by atoms with Crippen LogP contribution in [0.4, 0.5) is 0 Å². The Balaban J connectivity index is 1.30. The summed E-state index contributed by atoms with van der Waals surface area (Å²) in [5, 5.41) is 3.02. The number of nitrogens with one attached hydrogen (secondary N) is 1. The molecule has 1 aromatic heterocycles. The second-order valence-electron chi connectivity index (χ2n) is 8.80. The number of carbonyl (C=O) groups is 3. The lowest BCUT2D eigenvalue weighted by molar-refractivity contribution is -0.142. The summed E-state index contributed by atoms with van der Waals surface area (Å²) in [7, 11) is 0. The molecule has 0 radical (unpaired) electrons. The highest BCUT2D eigenvalue weighted by molar-refractivity contribution is 5.87. The molecule has 2 saturated heterocycles. The van der Waals surface area contributed by atoms with Crippen molar-refractivity contribution in [1.82, 2.24) is 24.7 Å². The van der Waals surface area contributed by atoms with E-state index in [4.69, 9.17) is 5.73 Å². The number of benzene rings is 1. The summed E-state index contributed by atoms with van der Waals surface area (Å²) in [5.74, 6) is -0.984. The van der Waals surface area contributed by atoms with Gasteiger partial charge in [0, 0.05) is 13.1 Å². The Morgan fingerprint density at radius 2 is 1.73 bits per heavy atom. The van der Waals surface area contributed by atoms with Gasteiger partial charge in [-0.05, 0) is 50.9 Å². The van der Waals surface area contributed by atoms with Crippen LogP contribution in [-0.4, -0.2) is 75.3 Å². The largest absolute Gasteiger partial charge is 0.368 e. The number of primary amides is 1. The normalized spacial score (nSPS) is 18.7. The fourth-order valence-corrected chi connectivity index (χ4v) is 4.88. The van der Waals surface area contributed by atoms with Gasteiger partial charge in [-0.15, -0.1) is 0 Å². The second-order valence-corrected chi connectivity index (χ2v) is 8.80. The maximum Gasteiger partial charge on any atom is 0.261 e. The SMILES string of the molecule is NC(=O)C1(N2CCCCC2)CCN(C(=O)CNC(=O)Cn2cnc3ccccc3c2=O)CC1. The van der Waals surface area contributed by atoms with Crippen molar-refractivity contribution in [2.45, 2.75) is 44.2 Å². The maximum absolute atomic E-state index is 12.7. The lowest BCUT2D eigenvalue weighted by atomic mass is 9.83. The molecule has 2 fully saturated rings. The van der Waals surface area contributed by atoms with Gasteiger partial charge < -0.3 is 16.0 Å². The first-order chi connectivity index (χ1) is 15.9. The van der Waals surface area contributed by atoms with Crippen LogP contribution in [0.25, 0.3) is 10.9 Å². The standard InChI is InChI=1S/C23H30N6O4/c24-22(33)23(29-10-4-1-5-11-29)8-12-27(13-9-23)20(31)14-25-19(30)15-28-16-26-18-7-3-2-6-17(18)21(28)32/h2-3,6-7,16H,1,4-5,8-15H2,(H2,24,33)(H,25,30).